The van der Waals surface area contributed by atoms with E-state index in [1.165, 1.54) is 23.2 Å². The van der Waals surface area contributed by atoms with Gasteiger partial charge in [0, 0.05) is 11.8 Å². The van der Waals surface area contributed by atoms with Crippen LogP contribution in [-0.2, 0) is 9.59 Å². The number of rotatable bonds is 4. The van der Waals surface area contributed by atoms with Crippen LogP contribution in [0.1, 0.15) is 44.1 Å². The lowest BCUT2D eigenvalue weighted by molar-refractivity contribution is -0.123. The van der Waals surface area contributed by atoms with Gasteiger partial charge in [-0.1, -0.05) is 30.3 Å². The number of anilines is 1. The Hall–Kier alpha value is -3.84. The fraction of sp³-hybridized carbons (Fsp3) is 0.185. The predicted octanol–water partition coefficient (Wildman–Crippen LogP) is 4.35. The molecule has 0 spiro atoms. The van der Waals surface area contributed by atoms with Gasteiger partial charge in [0.25, 0.3) is 0 Å². The van der Waals surface area contributed by atoms with Crippen molar-refractivity contribution in [3.05, 3.63) is 93.8 Å². The van der Waals surface area contributed by atoms with Gasteiger partial charge < -0.3 is 4.90 Å². The molecule has 6 nitrogen and oxygen atoms in total. The molecule has 4 heterocycles. The second-order valence-electron chi connectivity index (χ2n) is 8.79. The first-order valence-corrected chi connectivity index (χ1v) is 12.0. The van der Waals surface area contributed by atoms with Crippen LogP contribution in [0.4, 0.5) is 5.69 Å². The van der Waals surface area contributed by atoms with E-state index in [9.17, 15) is 19.2 Å². The zero-order valence-electron chi connectivity index (χ0n) is 18.3. The van der Waals surface area contributed by atoms with Crippen LogP contribution >= 0.6 is 11.3 Å². The molecule has 2 aromatic carbocycles. The van der Waals surface area contributed by atoms with E-state index in [0.717, 1.165) is 11.1 Å². The number of amides is 2. The van der Waals surface area contributed by atoms with Crippen molar-refractivity contribution in [2.45, 2.75) is 19.0 Å². The molecule has 2 fully saturated rings. The van der Waals surface area contributed by atoms with Gasteiger partial charge in [-0.25, -0.2) is 4.90 Å². The standard InChI is InChI=1S/C27H20N2O4S/c1-15(30)16-8-10-18(11-9-16)29-26(32)21-22(27(29)33)24(25(31)20-7-4-14-34-20)28-13-12-17-5-2-3-6-19(17)23(21)28/h2-14,21-24H,1H3/t21-,22+,23-,24+/m0/s1. The zero-order chi connectivity index (χ0) is 23.6. The highest BCUT2D eigenvalue weighted by Gasteiger charge is 2.64. The molecule has 0 radical (unpaired) electrons. The van der Waals surface area contributed by atoms with Gasteiger partial charge in [0.05, 0.1) is 28.4 Å². The largest absolute Gasteiger partial charge is 0.358 e. The third kappa shape index (κ3) is 2.86. The molecule has 3 aromatic rings. The fourth-order valence-corrected chi connectivity index (χ4v) is 6.22. The number of ketones is 2. The molecule has 3 aliphatic rings. The second kappa shape index (κ2) is 7.60. The number of benzene rings is 2. The van der Waals surface area contributed by atoms with Crippen LogP contribution in [-0.4, -0.2) is 34.3 Å². The maximum absolute atomic E-state index is 13.8. The second-order valence-corrected chi connectivity index (χ2v) is 9.74. The number of nitrogens with zero attached hydrogens (tertiary/aromatic N) is 2. The molecule has 0 saturated carbocycles. The molecule has 168 valence electrons. The Kier molecular flexibility index (Phi) is 4.64. The van der Waals surface area contributed by atoms with Gasteiger partial charge in [0.2, 0.25) is 11.8 Å². The van der Waals surface area contributed by atoms with Gasteiger partial charge in [-0.3, -0.25) is 19.2 Å². The minimum Gasteiger partial charge on any atom is -0.358 e. The first-order valence-electron chi connectivity index (χ1n) is 11.1. The lowest BCUT2D eigenvalue weighted by Gasteiger charge is -2.35. The summed E-state index contributed by atoms with van der Waals surface area (Å²) in [6.45, 7) is 1.47. The summed E-state index contributed by atoms with van der Waals surface area (Å²) in [5, 5.41) is 1.84. The zero-order valence-corrected chi connectivity index (χ0v) is 19.1. The van der Waals surface area contributed by atoms with E-state index in [-0.39, 0.29) is 23.4 Å². The molecule has 6 rings (SSSR count). The molecule has 2 amide bonds. The molecule has 0 N–H and O–H groups in total. The average Bonchev–Trinajstić information content (AvgIpc) is 3.55. The Balaban J connectivity index is 1.47. The molecule has 34 heavy (non-hydrogen) atoms. The van der Waals surface area contributed by atoms with Gasteiger partial charge in [0.15, 0.2) is 11.6 Å². The number of carbonyl (C=O) groups is 4. The summed E-state index contributed by atoms with van der Waals surface area (Å²) in [5.41, 5.74) is 2.85. The van der Waals surface area contributed by atoms with Gasteiger partial charge in [-0.15, -0.1) is 11.3 Å². The van der Waals surface area contributed by atoms with E-state index in [1.807, 2.05) is 52.9 Å². The predicted molar refractivity (Wildman–Crippen MR) is 128 cm³/mol. The smallest absolute Gasteiger partial charge is 0.240 e. The minimum atomic E-state index is -0.796. The summed E-state index contributed by atoms with van der Waals surface area (Å²) in [5.74, 6) is -2.40. The summed E-state index contributed by atoms with van der Waals surface area (Å²) >= 11 is 1.34. The molecule has 0 bridgehead atoms. The van der Waals surface area contributed by atoms with Crippen LogP contribution in [0.2, 0.25) is 0 Å². The highest BCUT2D eigenvalue weighted by atomic mass is 32.1. The van der Waals surface area contributed by atoms with Gasteiger partial charge in [0.1, 0.15) is 6.04 Å². The summed E-state index contributed by atoms with van der Waals surface area (Å²) in [6.07, 6.45) is 3.79. The van der Waals surface area contributed by atoms with Crippen molar-refractivity contribution in [1.82, 2.24) is 4.90 Å². The molecule has 1 aromatic heterocycles. The first kappa shape index (κ1) is 20.7. The van der Waals surface area contributed by atoms with Crippen LogP contribution in [0, 0.1) is 11.8 Å². The Bertz CT molecular complexity index is 1380. The Morgan fingerprint density at radius 2 is 1.62 bits per heavy atom. The van der Waals surface area contributed by atoms with E-state index < -0.39 is 23.9 Å². The van der Waals surface area contributed by atoms with Crippen molar-refractivity contribution in [2.24, 2.45) is 11.8 Å². The molecule has 0 aliphatic carbocycles. The van der Waals surface area contributed by atoms with Crippen LogP contribution in [0.5, 0.6) is 0 Å². The maximum Gasteiger partial charge on any atom is 0.240 e. The number of carbonyl (C=O) groups excluding carboxylic acids is 4. The number of thiophene rings is 1. The van der Waals surface area contributed by atoms with Gasteiger partial charge in [-0.05, 0) is 59.8 Å². The fourth-order valence-electron chi connectivity index (χ4n) is 5.52. The summed E-state index contributed by atoms with van der Waals surface area (Å²) in [7, 11) is 0. The first-order chi connectivity index (χ1) is 16.5. The molecular formula is C27H20N2O4S. The summed E-state index contributed by atoms with van der Waals surface area (Å²) < 4.78 is 0. The third-order valence-corrected chi connectivity index (χ3v) is 7.91. The Labute approximate surface area is 200 Å². The van der Waals surface area contributed by atoms with Crippen molar-refractivity contribution in [3.8, 4) is 0 Å². The number of hydrogen-bond donors (Lipinski definition) is 0. The number of imide groups is 1. The number of Topliss-reactive ketones (excluding diaryl/α,β-unsaturated/α-hetero) is 2. The highest BCUT2D eigenvalue weighted by molar-refractivity contribution is 7.12. The average molecular weight is 469 g/mol. The SMILES string of the molecule is CC(=O)c1ccc(N2C(=O)[C@@H]3[C@H](C2=O)[C@@H]2c4ccccc4C=CN2[C@H]3C(=O)c2cccs2)cc1. The lowest BCUT2D eigenvalue weighted by atomic mass is 9.84. The normalized spacial score (nSPS) is 24.7. The van der Waals surface area contributed by atoms with Crippen molar-refractivity contribution in [2.75, 3.05) is 4.90 Å². The molecule has 3 aliphatic heterocycles. The maximum atomic E-state index is 13.8. The number of hydrogen-bond acceptors (Lipinski definition) is 6. The summed E-state index contributed by atoms with van der Waals surface area (Å²) in [4.78, 5) is 56.6. The van der Waals surface area contributed by atoms with Crippen LogP contribution in [0.3, 0.4) is 0 Å². The van der Waals surface area contributed by atoms with Gasteiger partial charge >= 0.3 is 0 Å². The molecule has 2 saturated heterocycles. The lowest BCUT2D eigenvalue weighted by Crippen LogP contribution is -2.44. The Morgan fingerprint density at radius 1 is 0.882 bits per heavy atom. The van der Waals surface area contributed by atoms with E-state index >= 15 is 0 Å². The highest BCUT2D eigenvalue weighted by Crippen LogP contribution is 2.53. The van der Waals surface area contributed by atoms with E-state index in [4.69, 9.17) is 0 Å². The van der Waals surface area contributed by atoms with Crippen LogP contribution < -0.4 is 4.90 Å². The minimum absolute atomic E-state index is 0.0923. The van der Waals surface area contributed by atoms with Crippen LogP contribution in [0.15, 0.2) is 72.2 Å². The molecule has 4 atom stereocenters. The number of fused-ring (bicyclic) bond motifs is 5. The van der Waals surface area contributed by atoms with Crippen LogP contribution in [0.25, 0.3) is 6.08 Å². The third-order valence-electron chi connectivity index (χ3n) is 7.03. The van der Waals surface area contributed by atoms with Gasteiger partial charge in [-0.2, -0.15) is 0 Å². The van der Waals surface area contributed by atoms with Crippen molar-refractivity contribution < 1.29 is 19.2 Å². The monoisotopic (exact) mass is 468 g/mol. The van der Waals surface area contributed by atoms with E-state index in [1.54, 1.807) is 30.3 Å². The molecular weight excluding hydrogens is 448 g/mol. The summed E-state index contributed by atoms with van der Waals surface area (Å²) in [6, 6.07) is 16.7. The van der Waals surface area contributed by atoms with Crippen molar-refractivity contribution >= 4 is 46.5 Å². The quantitative estimate of drug-likeness (QED) is 0.420. The molecule has 0 unspecified atom stereocenters. The van der Waals surface area contributed by atoms with E-state index in [2.05, 4.69) is 0 Å². The molecule has 7 heteroatoms. The van der Waals surface area contributed by atoms with Crippen molar-refractivity contribution in [3.63, 3.8) is 0 Å². The van der Waals surface area contributed by atoms with E-state index in [0.29, 0.717) is 16.1 Å². The van der Waals surface area contributed by atoms with Crippen molar-refractivity contribution in [1.29, 1.82) is 0 Å². The topological polar surface area (TPSA) is 74.8 Å². The Morgan fingerprint density at radius 3 is 2.32 bits per heavy atom.